The van der Waals surface area contributed by atoms with Gasteiger partial charge >= 0.3 is 5.97 Å². The number of aliphatic hydroxyl groups is 1. The van der Waals surface area contributed by atoms with Crippen molar-refractivity contribution in [2.45, 2.75) is 245 Å². The Hall–Kier alpha value is -0.256. The lowest BCUT2D eigenvalue weighted by molar-refractivity contribution is -0.146. The number of aliphatic hydroxyl groups excluding tert-OH is 1. The normalized spacial score (nSPS) is 15.1. The van der Waals surface area contributed by atoms with E-state index >= 15 is 0 Å². The molecule has 0 aliphatic carbocycles. The summed E-state index contributed by atoms with van der Waals surface area (Å²) in [5.74, 6) is -1.12. The van der Waals surface area contributed by atoms with Crippen molar-refractivity contribution in [1.82, 2.24) is 4.90 Å². The predicted molar refractivity (Wildman–Crippen MR) is 223 cm³/mol. The van der Waals surface area contributed by atoms with Gasteiger partial charge < -0.3 is 19.1 Å². The molecule has 8 heteroatoms. The van der Waals surface area contributed by atoms with Crippen LogP contribution < -0.4 is 0 Å². The molecular formula is C42H89NO5Si2. The fraction of sp³-hybridized carbons (Fsp3) is 0.976. The number of rotatable bonds is 32. The molecule has 0 heterocycles. The van der Waals surface area contributed by atoms with E-state index in [2.05, 4.69) is 86.5 Å². The highest BCUT2D eigenvalue weighted by atomic mass is 28.4. The van der Waals surface area contributed by atoms with E-state index < -0.39 is 28.7 Å². The van der Waals surface area contributed by atoms with Crippen molar-refractivity contribution < 1.29 is 23.9 Å². The Balaban J connectivity index is 5.97. The molecule has 0 radical (unpaired) electrons. The molecule has 0 saturated heterocycles. The molecule has 0 aliphatic rings. The van der Waals surface area contributed by atoms with Crippen molar-refractivity contribution in [3.63, 3.8) is 0 Å². The Kier molecular flexibility index (Phi) is 26.4. The number of carboxylic acids is 1. The molecule has 0 spiro atoms. The van der Waals surface area contributed by atoms with Gasteiger partial charge in [0.25, 0.3) is 0 Å². The number of nitrogens with zero attached hydrogens (tertiary/aromatic N) is 1. The van der Waals surface area contributed by atoms with Crippen LogP contribution in [-0.2, 0) is 13.6 Å². The van der Waals surface area contributed by atoms with Crippen molar-refractivity contribution in [3.05, 3.63) is 0 Å². The molecule has 0 aliphatic heterocycles. The van der Waals surface area contributed by atoms with Crippen molar-refractivity contribution in [2.24, 2.45) is 0 Å². The van der Waals surface area contributed by atoms with E-state index in [1.165, 1.54) is 103 Å². The summed E-state index contributed by atoms with van der Waals surface area (Å²) in [4.78, 5) is 13.9. The summed E-state index contributed by atoms with van der Waals surface area (Å²) in [6, 6.07) is 0. The fourth-order valence-corrected chi connectivity index (χ4v) is 8.96. The molecule has 0 rings (SSSR count). The zero-order valence-electron chi connectivity index (χ0n) is 35.8. The standard InChI is InChI=1S/C42H89NO5Si2/c1-13-15-17-19-21-23-25-27-31-37(47-49(9,10)41(3,4)5)35-43(34-30-29-33-39(44)40(45)46)36-38(48-50(11,12)42(6,7)8)32-28-26-24-22-20-18-16-14-2/h37-39,44H,13-36H2,1-12H3,(H,45,46)/t37-,38-,39?/m1/s1. The smallest absolute Gasteiger partial charge is 0.332 e. The lowest BCUT2D eigenvalue weighted by Gasteiger charge is -2.42. The highest BCUT2D eigenvalue weighted by Crippen LogP contribution is 2.39. The number of carbonyl (C=O) groups is 1. The minimum Gasteiger partial charge on any atom is -0.479 e. The molecular weight excluding hydrogens is 655 g/mol. The zero-order chi connectivity index (χ0) is 38.3. The molecule has 0 aromatic rings. The lowest BCUT2D eigenvalue weighted by atomic mass is 10.0. The first-order chi connectivity index (χ1) is 23.3. The molecule has 6 nitrogen and oxygen atoms in total. The Labute approximate surface area is 314 Å². The van der Waals surface area contributed by atoms with E-state index in [-0.39, 0.29) is 22.3 Å². The van der Waals surface area contributed by atoms with Gasteiger partial charge in [-0.15, -0.1) is 0 Å². The van der Waals surface area contributed by atoms with Gasteiger partial charge in [-0.3, -0.25) is 4.90 Å². The van der Waals surface area contributed by atoms with Crippen LogP contribution in [0.2, 0.25) is 36.3 Å². The third-order valence-electron chi connectivity index (χ3n) is 11.7. The van der Waals surface area contributed by atoms with Crippen LogP contribution in [0.4, 0.5) is 0 Å². The molecule has 0 fully saturated rings. The average molecular weight is 744 g/mol. The van der Waals surface area contributed by atoms with Gasteiger partial charge in [0.15, 0.2) is 22.7 Å². The molecule has 300 valence electrons. The Bertz CT molecular complexity index is 785. The largest absolute Gasteiger partial charge is 0.479 e. The van der Waals surface area contributed by atoms with Crippen molar-refractivity contribution >= 4 is 22.6 Å². The van der Waals surface area contributed by atoms with Crippen LogP contribution in [0.5, 0.6) is 0 Å². The average Bonchev–Trinajstić information content (AvgIpc) is 3.00. The summed E-state index contributed by atoms with van der Waals surface area (Å²) in [5.41, 5.74) is 0. The van der Waals surface area contributed by atoms with E-state index in [1.54, 1.807) is 0 Å². The van der Waals surface area contributed by atoms with Gasteiger partial charge in [-0.25, -0.2) is 4.79 Å². The van der Waals surface area contributed by atoms with Crippen LogP contribution in [-0.4, -0.2) is 75.7 Å². The zero-order valence-corrected chi connectivity index (χ0v) is 37.8. The summed E-state index contributed by atoms with van der Waals surface area (Å²) < 4.78 is 14.4. The van der Waals surface area contributed by atoms with Crippen LogP contribution in [0, 0.1) is 0 Å². The van der Waals surface area contributed by atoms with Gasteiger partial charge in [0.05, 0.1) is 12.2 Å². The molecule has 50 heavy (non-hydrogen) atoms. The van der Waals surface area contributed by atoms with Gasteiger partial charge in [0.1, 0.15) is 0 Å². The predicted octanol–water partition coefficient (Wildman–Crippen LogP) is 12.7. The number of hydrogen-bond acceptors (Lipinski definition) is 5. The third-order valence-corrected chi connectivity index (χ3v) is 20.8. The number of carboxylic acid groups (broad SMARTS) is 1. The van der Waals surface area contributed by atoms with Crippen LogP contribution in [0.1, 0.15) is 190 Å². The van der Waals surface area contributed by atoms with Crippen LogP contribution >= 0.6 is 0 Å². The molecule has 2 N–H and O–H groups in total. The lowest BCUT2D eigenvalue weighted by Crippen LogP contribution is -2.50. The van der Waals surface area contributed by atoms with Crippen LogP contribution in [0.15, 0.2) is 0 Å². The van der Waals surface area contributed by atoms with E-state index in [0.717, 1.165) is 38.9 Å². The molecule has 0 aromatic carbocycles. The van der Waals surface area contributed by atoms with Crippen molar-refractivity contribution in [3.8, 4) is 0 Å². The summed E-state index contributed by atoms with van der Waals surface area (Å²) >= 11 is 0. The summed E-state index contributed by atoms with van der Waals surface area (Å²) in [6.45, 7) is 30.8. The highest BCUT2D eigenvalue weighted by molar-refractivity contribution is 6.74. The maximum absolute atomic E-state index is 11.3. The second-order valence-electron chi connectivity index (χ2n) is 18.6. The molecule has 3 atom stereocenters. The van der Waals surface area contributed by atoms with Gasteiger partial charge in [-0.05, 0) is 74.9 Å². The number of aliphatic carboxylic acids is 1. The minimum absolute atomic E-state index is 0.146. The minimum atomic E-state index is -1.99. The SMILES string of the molecule is CCCCCCCCCC[C@H](CN(CCCCC(O)C(=O)O)C[C@@H](CCCCCCCCCC)O[Si](C)(C)C(C)(C)C)O[Si](C)(C)C(C)(C)C. The van der Waals surface area contributed by atoms with Gasteiger partial charge in [-0.1, -0.05) is 158 Å². The van der Waals surface area contributed by atoms with Crippen LogP contribution in [0.25, 0.3) is 0 Å². The van der Waals surface area contributed by atoms with Crippen molar-refractivity contribution in [1.29, 1.82) is 0 Å². The second-order valence-corrected chi connectivity index (χ2v) is 28.1. The number of unbranched alkanes of at least 4 members (excludes halogenated alkanes) is 15. The topological polar surface area (TPSA) is 79.2 Å². The summed E-state index contributed by atoms with van der Waals surface area (Å²) in [7, 11) is -3.97. The van der Waals surface area contributed by atoms with E-state index in [4.69, 9.17) is 8.85 Å². The molecule has 0 amide bonds. The molecule has 0 aromatic heterocycles. The first-order valence-corrected chi connectivity index (χ1v) is 27.1. The van der Waals surface area contributed by atoms with Crippen LogP contribution in [0.3, 0.4) is 0 Å². The Morgan fingerprint density at radius 3 is 1.20 bits per heavy atom. The molecule has 0 bridgehead atoms. The van der Waals surface area contributed by atoms with Gasteiger partial charge in [0.2, 0.25) is 0 Å². The Morgan fingerprint density at radius 2 is 0.880 bits per heavy atom. The number of hydrogen-bond donors (Lipinski definition) is 2. The first-order valence-electron chi connectivity index (χ1n) is 21.3. The molecule has 0 saturated carbocycles. The van der Waals surface area contributed by atoms with E-state index in [1.807, 2.05) is 0 Å². The third kappa shape index (κ3) is 23.4. The highest BCUT2D eigenvalue weighted by Gasteiger charge is 2.41. The first kappa shape index (κ1) is 49.7. The van der Waals surface area contributed by atoms with Gasteiger partial charge in [-0.2, -0.15) is 0 Å². The quantitative estimate of drug-likeness (QED) is 0.0527. The van der Waals surface area contributed by atoms with Gasteiger partial charge in [0, 0.05) is 13.1 Å². The summed E-state index contributed by atoms with van der Waals surface area (Å²) in [5, 5.41) is 19.5. The molecule has 1 unspecified atom stereocenters. The fourth-order valence-electron chi connectivity index (χ4n) is 6.20. The maximum Gasteiger partial charge on any atom is 0.332 e. The Morgan fingerprint density at radius 1 is 0.560 bits per heavy atom. The van der Waals surface area contributed by atoms with E-state index in [9.17, 15) is 15.0 Å². The van der Waals surface area contributed by atoms with E-state index in [0.29, 0.717) is 12.8 Å². The maximum atomic E-state index is 11.3. The summed E-state index contributed by atoms with van der Waals surface area (Å²) in [6.07, 6.45) is 24.1. The second kappa shape index (κ2) is 26.5. The van der Waals surface area contributed by atoms with Crippen molar-refractivity contribution in [2.75, 3.05) is 19.6 Å². The monoisotopic (exact) mass is 744 g/mol.